The molecule has 150 valence electrons. The quantitative estimate of drug-likeness (QED) is 0.631. The first-order valence-corrected chi connectivity index (χ1v) is 9.84. The van der Waals surface area contributed by atoms with E-state index < -0.39 is 0 Å². The second-order valence-corrected chi connectivity index (χ2v) is 7.49. The monoisotopic (exact) mass is 392 g/mol. The van der Waals surface area contributed by atoms with Gasteiger partial charge in [0.15, 0.2) is 0 Å². The fourth-order valence-corrected chi connectivity index (χ4v) is 3.67. The minimum Gasteiger partial charge on any atom is -0.475 e. The summed E-state index contributed by atoms with van der Waals surface area (Å²) >= 11 is 0. The van der Waals surface area contributed by atoms with Crippen molar-refractivity contribution in [3.05, 3.63) is 54.0 Å². The van der Waals surface area contributed by atoms with E-state index in [1.54, 1.807) is 13.1 Å². The number of para-hydroxylation sites is 1. The summed E-state index contributed by atoms with van der Waals surface area (Å²) in [5.74, 6) is 1.97. The van der Waals surface area contributed by atoms with Crippen molar-refractivity contribution in [2.24, 2.45) is 0 Å². The van der Waals surface area contributed by atoms with Crippen molar-refractivity contribution in [1.82, 2.24) is 15.1 Å². The van der Waals surface area contributed by atoms with E-state index in [0.29, 0.717) is 30.6 Å². The summed E-state index contributed by atoms with van der Waals surface area (Å²) in [6.45, 7) is 6.20. The summed E-state index contributed by atoms with van der Waals surface area (Å²) in [7, 11) is 0. The average molecular weight is 392 g/mol. The molecule has 0 saturated carbocycles. The molecule has 7 nitrogen and oxygen atoms in total. The van der Waals surface area contributed by atoms with Crippen molar-refractivity contribution in [2.45, 2.75) is 45.6 Å². The molecule has 7 heteroatoms. The second-order valence-electron chi connectivity index (χ2n) is 7.49. The number of benzene rings is 1. The summed E-state index contributed by atoms with van der Waals surface area (Å²) in [6.07, 6.45) is 3.20. The largest absolute Gasteiger partial charge is 0.475 e. The maximum absolute atomic E-state index is 12.0. The normalized spacial score (nSPS) is 15.6. The molecule has 1 amide bonds. The molecule has 3 aromatic rings. The smallest absolute Gasteiger partial charge is 0.226 e. The van der Waals surface area contributed by atoms with Gasteiger partial charge in [-0.05, 0) is 38.0 Å². The lowest BCUT2D eigenvalue weighted by atomic mass is 9.96. The third kappa shape index (κ3) is 4.13. The zero-order chi connectivity index (χ0) is 20.4. The van der Waals surface area contributed by atoms with Gasteiger partial charge in [-0.15, -0.1) is 0 Å². The molecule has 2 aromatic heterocycles. The predicted octanol–water partition coefficient (Wildman–Crippen LogP) is 4.00. The lowest BCUT2D eigenvalue weighted by Gasteiger charge is -2.14. The molecule has 0 spiro atoms. The molecule has 1 unspecified atom stereocenters. The van der Waals surface area contributed by atoms with E-state index in [0.717, 1.165) is 17.7 Å². The molecule has 0 N–H and O–H groups in total. The minimum absolute atomic E-state index is 0.0439. The first-order chi connectivity index (χ1) is 14.0. The van der Waals surface area contributed by atoms with Crippen LogP contribution in [0.1, 0.15) is 44.6 Å². The number of pyridine rings is 1. The van der Waals surface area contributed by atoms with Gasteiger partial charge in [-0.25, -0.2) is 4.98 Å². The number of amides is 1. The van der Waals surface area contributed by atoms with Crippen LogP contribution in [0.25, 0.3) is 11.4 Å². The fraction of sp³-hybridized carbons (Fsp3) is 0.364. The molecular formula is C22H24N4O3. The number of nitrogens with zero attached hydrogens (tertiary/aromatic N) is 4. The number of carbonyl (C=O) groups is 1. The highest BCUT2D eigenvalue weighted by atomic mass is 16.5. The molecule has 0 saturated heterocycles. The predicted molar refractivity (Wildman–Crippen MR) is 109 cm³/mol. The molecule has 1 aliphatic heterocycles. The number of aryl methyl sites for hydroxylation is 1. The van der Waals surface area contributed by atoms with Gasteiger partial charge in [0.2, 0.25) is 23.5 Å². The Balaban J connectivity index is 1.45. The standard InChI is InChI=1S/C22H24N4O3/c1-14(2)28-21-12-16(10-11-23-21)22-24-20(29-25-22)9-8-17-13-26(15(3)27)19-7-5-4-6-18(17)19/h4-7,10-12,14,17H,8-9,13H2,1-3H3. The summed E-state index contributed by atoms with van der Waals surface area (Å²) in [5.41, 5.74) is 3.01. The number of fused-ring (bicyclic) bond motifs is 1. The van der Waals surface area contributed by atoms with E-state index in [4.69, 9.17) is 9.26 Å². The Kier molecular flexibility index (Phi) is 5.29. The van der Waals surface area contributed by atoms with Gasteiger partial charge in [0.1, 0.15) is 0 Å². The highest BCUT2D eigenvalue weighted by molar-refractivity contribution is 5.94. The van der Waals surface area contributed by atoms with Crippen LogP contribution < -0.4 is 9.64 Å². The van der Waals surface area contributed by atoms with Crippen molar-refractivity contribution in [3.63, 3.8) is 0 Å². The van der Waals surface area contributed by atoms with Crippen LogP contribution in [0.4, 0.5) is 5.69 Å². The van der Waals surface area contributed by atoms with Gasteiger partial charge in [-0.2, -0.15) is 4.98 Å². The maximum Gasteiger partial charge on any atom is 0.226 e. The van der Waals surface area contributed by atoms with E-state index in [2.05, 4.69) is 21.2 Å². The summed E-state index contributed by atoms with van der Waals surface area (Å²) in [4.78, 5) is 22.5. The zero-order valence-corrected chi connectivity index (χ0v) is 16.8. The molecule has 4 rings (SSSR count). The lowest BCUT2D eigenvalue weighted by molar-refractivity contribution is -0.116. The van der Waals surface area contributed by atoms with Gasteiger partial charge in [0, 0.05) is 49.3 Å². The SMILES string of the molecule is CC(=O)N1CC(CCc2nc(-c3ccnc(OC(C)C)c3)no2)c2ccccc21. The lowest BCUT2D eigenvalue weighted by Crippen LogP contribution is -2.27. The fourth-order valence-electron chi connectivity index (χ4n) is 3.67. The van der Waals surface area contributed by atoms with Crippen LogP contribution in [-0.2, 0) is 11.2 Å². The molecule has 0 radical (unpaired) electrons. The Morgan fingerprint density at radius 1 is 1.31 bits per heavy atom. The van der Waals surface area contributed by atoms with Crippen molar-refractivity contribution >= 4 is 11.6 Å². The van der Waals surface area contributed by atoms with Gasteiger partial charge >= 0.3 is 0 Å². The topological polar surface area (TPSA) is 81.4 Å². The Labute approximate surface area is 169 Å². The number of ether oxygens (including phenoxy) is 1. The van der Waals surface area contributed by atoms with Crippen LogP contribution in [0.3, 0.4) is 0 Å². The third-order valence-electron chi connectivity index (χ3n) is 4.97. The molecule has 29 heavy (non-hydrogen) atoms. The summed E-state index contributed by atoms with van der Waals surface area (Å²) < 4.78 is 11.1. The highest BCUT2D eigenvalue weighted by Gasteiger charge is 2.30. The molecule has 1 atom stereocenters. The van der Waals surface area contributed by atoms with Gasteiger partial charge in [-0.3, -0.25) is 4.79 Å². The first kappa shape index (κ1) is 19.1. The van der Waals surface area contributed by atoms with E-state index in [1.165, 1.54) is 5.56 Å². The minimum atomic E-state index is 0.0439. The molecule has 3 heterocycles. The molecular weight excluding hydrogens is 368 g/mol. The number of anilines is 1. The Bertz CT molecular complexity index is 1010. The van der Waals surface area contributed by atoms with Crippen molar-refractivity contribution < 1.29 is 14.1 Å². The molecule has 1 aromatic carbocycles. The number of rotatable bonds is 6. The number of carbonyl (C=O) groups excluding carboxylic acids is 1. The van der Waals surface area contributed by atoms with E-state index >= 15 is 0 Å². The van der Waals surface area contributed by atoms with Gasteiger partial charge in [0.05, 0.1) is 6.10 Å². The zero-order valence-electron chi connectivity index (χ0n) is 16.8. The maximum atomic E-state index is 12.0. The van der Waals surface area contributed by atoms with Crippen LogP contribution in [0, 0.1) is 0 Å². The highest BCUT2D eigenvalue weighted by Crippen LogP contribution is 2.38. The number of aromatic nitrogens is 3. The summed E-state index contributed by atoms with van der Waals surface area (Å²) in [5, 5.41) is 4.11. The Morgan fingerprint density at radius 2 is 2.14 bits per heavy atom. The molecule has 0 bridgehead atoms. The van der Waals surface area contributed by atoms with E-state index in [1.807, 2.05) is 49.1 Å². The van der Waals surface area contributed by atoms with Crippen LogP contribution in [0.2, 0.25) is 0 Å². The van der Waals surface area contributed by atoms with Crippen molar-refractivity contribution in [1.29, 1.82) is 0 Å². The average Bonchev–Trinajstić information content (AvgIpc) is 3.31. The van der Waals surface area contributed by atoms with Gasteiger partial charge in [0.25, 0.3) is 0 Å². The van der Waals surface area contributed by atoms with E-state index in [9.17, 15) is 4.79 Å². The van der Waals surface area contributed by atoms with Crippen molar-refractivity contribution in [2.75, 3.05) is 11.4 Å². The van der Waals surface area contributed by atoms with Crippen LogP contribution in [0.5, 0.6) is 5.88 Å². The third-order valence-corrected chi connectivity index (χ3v) is 4.97. The van der Waals surface area contributed by atoms with Crippen LogP contribution in [-0.4, -0.2) is 33.7 Å². The number of hydrogen-bond donors (Lipinski definition) is 0. The molecule has 0 fully saturated rings. The van der Waals surface area contributed by atoms with Crippen LogP contribution in [0.15, 0.2) is 47.1 Å². The summed E-state index contributed by atoms with van der Waals surface area (Å²) in [6, 6.07) is 11.7. The Morgan fingerprint density at radius 3 is 2.93 bits per heavy atom. The number of hydrogen-bond acceptors (Lipinski definition) is 6. The van der Waals surface area contributed by atoms with Crippen molar-refractivity contribution in [3.8, 4) is 17.3 Å². The van der Waals surface area contributed by atoms with Crippen LogP contribution >= 0.6 is 0 Å². The molecule has 1 aliphatic rings. The first-order valence-electron chi connectivity index (χ1n) is 9.84. The van der Waals surface area contributed by atoms with E-state index in [-0.39, 0.29) is 17.9 Å². The second kappa shape index (κ2) is 8.03. The molecule has 0 aliphatic carbocycles. The van der Waals surface area contributed by atoms with Gasteiger partial charge in [-0.1, -0.05) is 23.4 Å². The van der Waals surface area contributed by atoms with Gasteiger partial charge < -0.3 is 14.2 Å². The Hall–Kier alpha value is -3.22.